The molecule has 1 saturated heterocycles. The fraction of sp³-hybridized carbons (Fsp3) is 0.435. The van der Waals surface area contributed by atoms with E-state index in [1.54, 1.807) is 0 Å². The molecule has 1 aromatic carbocycles. The number of carbonyl (C=O) groups excluding carboxylic acids is 1. The van der Waals surface area contributed by atoms with E-state index in [1.165, 1.54) is 5.39 Å². The summed E-state index contributed by atoms with van der Waals surface area (Å²) < 4.78 is 2.13. The first-order chi connectivity index (χ1) is 14.7. The summed E-state index contributed by atoms with van der Waals surface area (Å²) in [7, 11) is 1.85. The van der Waals surface area contributed by atoms with Crippen LogP contribution in [0.15, 0.2) is 36.4 Å². The number of carbonyl (C=O) groups is 1. The van der Waals surface area contributed by atoms with Crippen LogP contribution in [0.3, 0.4) is 0 Å². The molecule has 3 aromatic rings. The first-order valence-corrected chi connectivity index (χ1v) is 10.9. The fourth-order valence-corrected chi connectivity index (χ4v) is 4.56. The van der Waals surface area contributed by atoms with Crippen molar-refractivity contribution in [1.29, 1.82) is 0 Å². The molecule has 0 unspecified atom stereocenters. The maximum absolute atomic E-state index is 13.3. The van der Waals surface area contributed by atoms with Gasteiger partial charge in [-0.05, 0) is 25.0 Å². The van der Waals surface area contributed by atoms with Crippen molar-refractivity contribution >= 4 is 22.6 Å². The van der Waals surface area contributed by atoms with Crippen molar-refractivity contribution in [2.24, 2.45) is 0 Å². The second-order valence-electron chi connectivity index (χ2n) is 8.15. The number of imidazole rings is 1. The number of hydrogen-bond donors (Lipinski definition) is 1. The molecule has 7 heteroatoms. The van der Waals surface area contributed by atoms with Crippen molar-refractivity contribution in [3.8, 4) is 0 Å². The Morgan fingerprint density at radius 3 is 2.67 bits per heavy atom. The Hall–Kier alpha value is -2.93. The van der Waals surface area contributed by atoms with E-state index in [4.69, 9.17) is 4.98 Å². The van der Waals surface area contributed by atoms with Crippen LogP contribution in [-0.2, 0) is 19.5 Å². The lowest BCUT2D eigenvalue weighted by Gasteiger charge is -2.35. The molecule has 2 aliphatic heterocycles. The summed E-state index contributed by atoms with van der Waals surface area (Å²) in [5.74, 6) is 1.86. The molecule has 0 saturated carbocycles. The van der Waals surface area contributed by atoms with Crippen molar-refractivity contribution in [3.05, 3.63) is 53.6 Å². The van der Waals surface area contributed by atoms with Gasteiger partial charge in [0.15, 0.2) is 11.5 Å². The normalized spacial score (nSPS) is 17.2. The Labute approximate surface area is 176 Å². The van der Waals surface area contributed by atoms with Crippen molar-refractivity contribution in [1.82, 2.24) is 24.3 Å². The van der Waals surface area contributed by atoms with E-state index in [1.807, 2.05) is 24.1 Å². The number of anilines is 1. The van der Waals surface area contributed by atoms with Crippen LogP contribution < -0.4 is 5.32 Å². The van der Waals surface area contributed by atoms with Gasteiger partial charge in [-0.15, -0.1) is 0 Å². The number of aryl methyl sites for hydroxylation is 1. The van der Waals surface area contributed by atoms with E-state index in [0.717, 1.165) is 87.1 Å². The smallest absolute Gasteiger partial charge is 0.274 e. The molecule has 1 N–H and O–H groups in total. The molecule has 2 aliphatic rings. The average Bonchev–Trinajstić information content (AvgIpc) is 3.18. The van der Waals surface area contributed by atoms with E-state index >= 15 is 0 Å². The van der Waals surface area contributed by atoms with E-state index in [-0.39, 0.29) is 5.91 Å². The van der Waals surface area contributed by atoms with E-state index < -0.39 is 0 Å². The number of rotatable bonds is 4. The van der Waals surface area contributed by atoms with Gasteiger partial charge >= 0.3 is 0 Å². The molecule has 1 fully saturated rings. The number of amides is 1. The topological polar surface area (TPSA) is 66.3 Å². The zero-order chi connectivity index (χ0) is 20.5. The third kappa shape index (κ3) is 3.54. The molecule has 0 radical (unpaired) electrons. The number of nitrogens with one attached hydrogen (secondary N) is 1. The van der Waals surface area contributed by atoms with Crippen molar-refractivity contribution < 1.29 is 4.79 Å². The van der Waals surface area contributed by atoms with Gasteiger partial charge < -0.3 is 14.8 Å². The number of aromatic nitrogens is 3. The standard InChI is InChI=1S/C23H28N6O/c1-24-22-21(29-11-5-4-8-20(29)26-22)23(30)28-14-12-27(13-15-28)16-18-10-9-17-6-2-3-7-19(17)25-18/h2-3,6-7,9-10,24H,4-5,8,11-16H2,1H3. The number of pyridine rings is 1. The number of piperazine rings is 1. The Kier molecular flexibility index (Phi) is 5.12. The van der Waals surface area contributed by atoms with Crippen LogP contribution >= 0.6 is 0 Å². The van der Waals surface area contributed by atoms with Gasteiger partial charge in [0.05, 0.1) is 11.2 Å². The highest BCUT2D eigenvalue weighted by molar-refractivity contribution is 5.97. The Morgan fingerprint density at radius 1 is 1.00 bits per heavy atom. The molecule has 30 heavy (non-hydrogen) atoms. The molecule has 1 amide bonds. The summed E-state index contributed by atoms with van der Waals surface area (Å²) in [5.41, 5.74) is 2.85. The van der Waals surface area contributed by atoms with Crippen LogP contribution in [0.25, 0.3) is 10.9 Å². The minimum Gasteiger partial charge on any atom is -0.371 e. The summed E-state index contributed by atoms with van der Waals surface area (Å²) >= 11 is 0. The molecule has 5 rings (SSSR count). The number of hydrogen-bond acceptors (Lipinski definition) is 5. The molecule has 0 atom stereocenters. The van der Waals surface area contributed by atoms with Crippen molar-refractivity contribution in [3.63, 3.8) is 0 Å². The van der Waals surface area contributed by atoms with Gasteiger partial charge in [0.2, 0.25) is 0 Å². The van der Waals surface area contributed by atoms with Gasteiger partial charge in [0, 0.05) is 58.1 Å². The van der Waals surface area contributed by atoms with Gasteiger partial charge in [-0.2, -0.15) is 0 Å². The summed E-state index contributed by atoms with van der Waals surface area (Å²) in [6.45, 7) is 4.88. The molecular formula is C23H28N6O. The summed E-state index contributed by atoms with van der Waals surface area (Å²) in [6.07, 6.45) is 3.21. The van der Waals surface area contributed by atoms with Gasteiger partial charge in [0.25, 0.3) is 5.91 Å². The summed E-state index contributed by atoms with van der Waals surface area (Å²) in [5, 5.41) is 4.30. The molecular weight excluding hydrogens is 376 g/mol. The predicted octanol–water partition coefficient (Wildman–Crippen LogP) is 2.77. The minimum absolute atomic E-state index is 0.100. The lowest BCUT2D eigenvalue weighted by Crippen LogP contribution is -2.48. The fourth-order valence-electron chi connectivity index (χ4n) is 4.56. The minimum atomic E-state index is 0.100. The molecule has 4 heterocycles. The number of benzene rings is 1. The van der Waals surface area contributed by atoms with Crippen LogP contribution in [-0.4, -0.2) is 63.5 Å². The van der Waals surface area contributed by atoms with Gasteiger partial charge in [-0.1, -0.05) is 24.3 Å². The van der Waals surface area contributed by atoms with E-state index in [2.05, 4.69) is 44.0 Å². The largest absolute Gasteiger partial charge is 0.371 e. The number of nitrogens with zero attached hydrogens (tertiary/aromatic N) is 5. The van der Waals surface area contributed by atoms with Crippen molar-refractivity contribution in [2.75, 3.05) is 38.5 Å². The maximum atomic E-state index is 13.3. The third-order valence-corrected chi connectivity index (χ3v) is 6.22. The SMILES string of the molecule is CNc1nc2n(c1C(=O)N1CCN(Cc3ccc4ccccc4n3)CC1)CCCC2. The highest BCUT2D eigenvalue weighted by Crippen LogP contribution is 2.25. The van der Waals surface area contributed by atoms with Gasteiger partial charge in [0.1, 0.15) is 5.82 Å². The van der Waals surface area contributed by atoms with Crippen LogP contribution in [0.5, 0.6) is 0 Å². The monoisotopic (exact) mass is 404 g/mol. The second kappa shape index (κ2) is 8.07. The number of fused-ring (bicyclic) bond motifs is 2. The average molecular weight is 405 g/mol. The Balaban J connectivity index is 1.25. The molecule has 0 aliphatic carbocycles. The summed E-state index contributed by atoms with van der Waals surface area (Å²) in [6, 6.07) is 12.5. The molecule has 0 bridgehead atoms. The van der Waals surface area contributed by atoms with Crippen LogP contribution in [0, 0.1) is 0 Å². The molecule has 0 spiro atoms. The zero-order valence-corrected chi connectivity index (χ0v) is 17.5. The maximum Gasteiger partial charge on any atom is 0.274 e. The Bertz CT molecular complexity index is 1070. The first-order valence-electron chi connectivity index (χ1n) is 10.9. The predicted molar refractivity (Wildman–Crippen MR) is 118 cm³/mol. The lowest BCUT2D eigenvalue weighted by atomic mass is 10.1. The Morgan fingerprint density at radius 2 is 1.83 bits per heavy atom. The highest BCUT2D eigenvalue weighted by Gasteiger charge is 2.29. The highest BCUT2D eigenvalue weighted by atomic mass is 16.2. The van der Waals surface area contributed by atoms with Crippen LogP contribution in [0.4, 0.5) is 5.82 Å². The van der Waals surface area contributed by atoms with E-state index in [9.17, 15) is 4.79 Å². The quantitative estimate of drug-likeness (QED) is 0.724. The first kappa shape index (κ1) is 19.1. The van der Waals surface area contributed by atoms with Gasteiger partial charge in [-0.25, -0.2) is 4.98 Å². The lowest BCUT2D eigenvalue weighted by molar-refractivity contribution is 0.0616. The van der Waals surface area contributed by atoms with Crippen molar-refractivity contribution in [2.45, 2.75) is 32.4 Å². The zero-order valence-electron chi connectivity index (χ0n) is 17.5. The molecule has 2 aromatic heterocycles. The van der Waals surface area contributed by atoms with Gasteiger partial charge in [-0.3, -0.25) is 14.7 Å². The molecule has 7 nitrogen and oxygen atoms in total. The third-order valence-electron chi connectivity index (χ3n) is 6.22. The van der Waals surface area contributed by atoms with E-state index in [0.29, 0.717) is 0 Å². The second-order valence-corrected chi connectivity index (χ2v) is 8.15. The number of para-hydroxylation sites is 1. The molecule has 156 valence electrons. The summed E-state index contributed by atoms with van der Waals surface area (Å²) in [4.78, 5) is 27.1. The van der Waals surface area contributed by atoms with Crippen LogP contribution in [0.1, 0.15) is 34.8 Å². The van der Waals surface area contributed by atoms with Crippen LogP contribution in [0.2, 0.25) is 0 Å².